The number of rotatable bonds is 5. The Morgan fingerprint density at radius 3 is 2.40 bits per heavy atom. The third-order valence-corrected chi connectivity index (χ3v) is 6.99. The van der Waals surface area contributed by atoms with Crippen LogP contribution in [-0.4, -0.2) is 65.0 Å². The molecule has 3 amide bonds. The van der Waals surface area contributed by atoms with Crippen molar-refractivity contribution in [1.82, 2.24) is 15.1 Å². The molecule has 2 aliphatic rings. The minimum atomic E-state index is -1.06. The minimum absolute atomic E-state index is 0.0333. The molecule has 2 saturated heterocycles. The van der Waals surface area contributed by atoms with Crippen LogP contribution in [0.4, 0.5) is 4.39 Å². The molecule has 2 heterocycles. The van der Waals surface area contributed by atoms with E-state index >= 15 is 0 Å². The van der Waals surface area contributed by atoms with Crippen LogP contribution in [-0.2, 0) is 9.53 Å². The van der Waals surface area contributed by atoms with E-state index in [0.717, 1.165) is 12.5 Å². The fraction of sp³-hybridized carbons (Fsp3) is 0.423. The number of carbonyl (C=O) groups excluding carboxylic acids is 3. The highest BCUT2D eigenvalue weighted by atomic mass is 35.5. The summed E-state index contributed by atoms with van der Waals surface area (Å²) in [5, 5.41) is 3.41. The molecule has 2 unspecified atom stereocenters. The van der Waals surface area contributed by atoms with Gasteiger partial charge in [0.1, 0.15) is 17.6 Å². The molecule has 0 aromatic heterocycles. The number of nitrogens with one attached hydrogen (secondary N) is 1. The van der Waals surface area contributed by atoms with Gasteiger partial charge in [-0.3, -0.25) is 19.3 Å². The maximum atomic E-state index is 13.9. The molecule has 9 heteroatoms. The first-order valence-corrected chi connectivity index (χ1v) is 12.2. The maximum Gasteiger partial charge on any atom is 0.256 e. The van der Waals surface area contributed by atoms with Crippen molar-refractivity contribution >= 4 is 29.3 Å². The van der Waals surface area contributed by atoms with Crippen LogP contribution in [0.3, 0.4) is 0 Å². The van der Waals surface area contributed by atoms with Gasteiger partial charge in [-0.1, -0.05) is 30.7 Å². The smallest absolute Gasteiger partial charge is 0.256 e. The molecule has 35 heavy (non-hydrogen) atoms. The SMILES string of the molecule is CCC(C)NC(=O)C1COC2(CCN(C(=O)c3cccc(Cl)c3)CC2)N1C(=O)c1cccc(F)c1. The van der Waals surface area contributed by atoms with E-state index in [-0.39, 0.29) is 30.0 Å². The molecular weight excluding hydrogens is 473 g/mol. The lowest BCUT2D eigenvalue weighted by Gasteiger charge is -2.44. The number of amides is 3. The van der Waals surface area contributed by atoms with Crippen LogP contribution in [0, 0.1) is 5.82 Å². The first kappa shape index (κ1) is 25.1. The van der Waals surface area contributed by atoms with Crippen LogP contribution >= 0.6 is 11.6 Å². The van der Waals surface area contributed by atoms with Gasteiger partial charge in [-0.25, -0.2) is 4.39 Å². The summed E-state index contributed by atoms with van der Waals surface area (Å²) in [6, 6.07) is 11.3. The van der Waals surface area contributed by atoms with Crippen LogP contribution in [0.1, 0.15) is 53.8 Å². The summed E-state index contributed by atoms with van der Waals surface area (Å²) in [4.78, 5) is 42.9. The Hall–Kier alpha value is -2.97. The second kappa shape index (κ2) is 10.3. The van der Waals surface area contributed by atoms with E-state index in [1.54, 1.807) is 29.2 Å². The van der Waals surface area contributed by atoms with Crippen molar-refractivity contribution in [2.45, 2.75) is 50.9 Å². The lowest BCUT2D eigenvalue weighted by Crippen LogP contribution is -2.60. The summed E-state index contributed by atoms with van der Waals surface area (Å²) in [6.45, 7) is 4.55. The molecule has 186 valence electrons. The van der Waals surface area contributed by atoms with E-state index in [1.807, 2.05) is 13.8 Å². The van der Waals surface area contributed by atoms with Crippen molar-refractivity contribution in [3.63, 3.8) is 0 Å². The van der Waals surface area contributed by atoms with Crippen molar-refractivity contribution in [2.24, 2.45) is 0 Å². The van der Waals surface area contributed by atoms with E-state index in [4.69, 9.17) is 16.3 Å². The lowest BCUT2D eigenvalue weighted by molar-refractivity contribution is -0.128. The van der Waals surface area contributed by atoms with Gasteiger partial charge in [0.2, 0.25) is 5.91 Å². The summed E-state index contributed by atoms with van der Waals surface area (Å²) < 4.78 is 20.1. The van der Waals surface area contributed by atoms with Gasteiger partial charge in [0.15, 0.2) is 0 Å². The van der Waals surface area contributed by atoms with Crippen LogP contribution < -0.4 is 5.32 Å². The third-order valence-electron chi connectivity index (χ3n) is 6.76. The predicted octanol–water partition coefficient (Wildman–Crippen LogP) is 3.87. The Bertz CT molecular complexity index is 1120. The number of nitrogens with zero attached hydrogens (tertiary/aromatic N) is 2. The van der Waals surface area contributed by atoms with Crippen molar-refractivity contribution < 1.29 is 23.5 Å². The van der Waals surface area contributed by atoms with E-state index in [1.165, 1.54) is 23.1 Å². The first-order valence-electron chi connectivity index (χ1n) is 11.8. The van der Waals surface area contributed by atoms with Crippen LogP contribution in [0.5, 0.6) is 0 Å². The van der Waals surface area contributed by atoms with Gasteiger partial charge in [0.05, 0.1) is 6.61 Å². The van der Waals surface area contributed by atoms with Crippen LogP contribution in [0.2, 0.25) is 5.02 Å². The molecule has 2 aliphatic heterocycles. The monoisotopic (exact) mass is 501 g/mol. The minimum Gasteiger partial charge on any atom is -0.353 e. The average molecular weight is 502 g/mol. The molecule has 2 aromatic rings. The Balaban J connectivity index is 1.58. The van der Waals surface area contributed by atoms with Gasteiger partial charge < -0.3 is 15.0 Å². The number of piperidine rings is 1. The molecule has 4 rings (SSSR count). The largest absolute Gasteiger partial charge is 0.353 e. The fourth-order valence-electron chi connectivity index (χ4n) is 4.63. The number of carbonyl (C=O) groups is 3. The van der Waals surface area contributed by atoms with Crippen LogP contribution in [0.15, 0.2) is 48.5 Å². The molecular formula is C26H29ClFN3O4. The molecule has 2 atom stereocenters. The van der Waals surface area contributed by atoms with Gasteiger partial charge in [-0.2, -0.15) is 0 Å². The number of halogens is 2. The van der Waals surface area contributed by atoms with Crippen molar-refractivity contribution in [2.75, 3.05) is 19.7 Å². The number of hydrogen-bond acceptors (Lipinski definition) is 4. The summed E-state index contributed by atoms with van der Waals surface area (Å²) in [5.41, 5.74) is -0.431. The van der Waals surface area contributed by atoms with Gasteiger partial charge in [-0.15, -0.1) is 0 Å². The van der Waals surface area contributed by atoms with E-state index in [9.17, 15) is 18.8 Å². The topological polar surface area (TPSA) is 79.0 Å². The molecule has 0 radical (unpaired) electrons. The summed E-state index contributed by atoms with van der Waals surface area (Å²) in [6.07, 6.45) is 1.39. The molecule has 7 nitrogen and oxygen atoms in total. The van der Waals surface area contributed by atoms with Gasteiger partial charge in [0.25, 0.3) is 11.8 Å². The lowest BCUT2D eigenvalue weighted by atomic mass is 9.96. The standard InChI is InChI=1S/C26H29ClFN3O4/c1-3-17(2)29-23(32)22-16-35-26(31(22)25(34)19-7-5-9-21(28)15-19)10-12-30(13-11-26)24(33)18-6-4-8-20(27)14-18/h4-9,14-15,17,22H,3,10-13,16H2,1-2H3,(H,29,32). The quantitative estimate of drug-likeness (QED) is 0.674. The summed E-state index contributed by atoms with van der Waals surface area (Å²) in [7, 11) is 0. The van der Waals surface area contributed by atoms with E-state index < -0.39 is 23.5 Å². The maximum absolute atomic E-state index is 13.9. The highest BCUT2D eigenvalue weighted by Gasteiger charge is 2.54. The number of ether oxygens (including phenoxy) is 1. The fourth-order valence-corrected chi connectivity index (χ4v) is 4.82. The second-order valence-electron chi connectivity index (χ2n) is 9.08. The third kappa shape index (κ3) is 5.18. The zero-order chi connectivity index (χ0) is 25.2. The Morgan fingerprint density at radius 2 is 1.77 bits per heavy atom. The first-order chi connectivity index (χ1) is 16.7. The van der Waals surface area contributed by atoms with Gasteiger partial charge in [-0.05, 0) is 49.7 Å². The Kier molecular flexibility index (Phi) is 7.42. The predicted molar refractivity (Wildman–Crippen MR) is 130 cm³/mol. The second-order valence-corrected chi connectivity index (χ2v) is 9.52. The normalized spacial score (nSPS) is 20.1. The Labute approximate surface area is 209 Å². The molecule has 1 N–H and O–H groups in total. The molecule has 2 aromatic carbocycles. The average Bonchev–Trinajstić information content (AvgIpc) is 3.22. The highest BCUT2D eigenvalue weighted by Crippen LogP contribution is 2.39. The summed E-state index contributed by atoms with van der Waals surface area (Å²) in [5.74, 6) is -1.47. The van der Waals surface area contributed by atoms with E-state index in [2.05, 4.69) is 5.32 Å². The molecule has 0 bridgehead atoms. The molecule has 0 aliphatic carbocycles. The highest BCUT2D eigenvalue weighted by molar-refractivity contribution is 6.30. The van der Waals surface area contributed by atoms with Crippen molar-refractivity contribution in [1.29, 1.82) is 0 Å². The zero-order valence-corrected chi connectivity index (χ0v) is 20.6. The van der Waals surface area contributed by atoms with Gasteiger partial charge in [0, 0.05) is 48.1 Å². The Morgan fingerprint density at radius 1 is 1.11 bits per heavy atom. The zero-order valence-electron chi connectivity index (χ0n) is 19.8. The van der Waals surface area contributed by atoms with Gasteiger partial charge >= 0.3 is 0 Å². The molecule has 2 fully saturated rings. The summed E-state index contributed by atoms with van der Waals surface area (Å²) >= 11 is 6.04. The number of hydrogen-bond donors (Lipinski definition) is 1. The number of likely N-dealkylation sites (tertiary alicyclic amines) is 1. The van der Waals surface area contributed by atoms with Crippen molar-refractivity contribution in [3.8, 4) is 0 Å². The molecule has 0 saturated carbocycles. The van der Waals surface area contributed by atoms with Crippen LogP contribution in [0.25, 0.3) is 0 Å². The molecule has 1 spiro atoms. The van der Waals surface area contributed by atoms with E-state index in [0.29, 0.717) is 36.5 Å². The van der Waals surface area contributed by atoms with Crippen molar-refractivity contribution in [3.05, 3.63) is 70.5 Å². The number of benzene rings is 2.